The third-order valence-corrected chi connectivity index (χ3v) is 4.18. The van der Waals surface area contributed by atoms with Crippen LogP contribution in [-0.2, 0) is 5.75 Å². The van der Waals surface area contributed by atoms with Crippen molar-refractivity contribution in [2.75, 3.05) is 11.5 Å². The summed E-state index contributed by atoms with van der Waals surface area (Å²) < 4.78 is 0. The number of aromatic nitrogens is 3. The minimum Gasteiger partial charge on any atom is -0.368 e. The Bertz CT molecular complexity index is 364. The Hall–Kier alpha value is -0.840. The molecule has 1 aromatic heterocycles. The van der Waals surface area contributed by atoms with Crippen molar-refractivity contribution in [3.05, 3.63) is 11.6 Å². The van der Waals surface area contributed by atoms with Crippen LogP contribution in [0.15, 0.2) is 0 Å². The van der Waals surface area contributed by atoms with Gasteiger partial charge >= 0.3 is 0 Å². The number of rotatable bonds is 5. The van der Waals surface area contributed by atoms with Gasteiger partial charge in [-0.25, -0.2) is 4.98 Å². The fourth-order valence-electron chi connectivity index (χ4n) is 2.20. The standard InChI is InChI=1S/C12H20N4S/c1-2-7-17-8-10-14-11(16-12(13)15-10)9-5-3-4-6-9/h9H,2-8H2,1H3,(H2,13,14,15,16). The zero-order valence-electron chi connectivity index (χ0n) is 10.4. The van der Waals surface area contributed by atoms with Crippen LogP contribution >= 0.6 is 11.8 Å². The van der Waals surface area contributed by atoms with E-state index in [2.05, 4.69) is 21.9 Å². The number of hydrogen-bond donors (Lipinski definition) is 1. The molecule has 0 atom stereocenters. The molecule has 2 N–H and O–H groups in total. The molecule has 94 valence electrons. The molecule has 4 nitrogen and oxygen atoms in total. The van der Waals surface area contributed by atoms with E-state index in [0.29, 0.717) is 11.9 Å². The van der Waals surface area contributed by atoms with Gasteiger partial charge in [0.25, 0.3) is 0 Å². The fraction of sp³-hybridized carbons (Fsp3) is 0.750. The first-order valence-electron chi connectivity index (χ1n) is 6.37. The molecule has 1 aliphatic carbocycles. The molecule has 1 heterocycles. The maximum absolute atomic E-state index is 5.76. The minimum absolute atomic E-state index is 0.383. The summed E-state index contributed by atoms with van der Waals surface area (Å²) in [5.41, 5.74) is 5.76. The van der Waals surface area contributed by atoms with Crippen molar-refractivity contribution in [3.8, 4) is 0 Å². The molecule has 0 saturated heterocycles. The molecular formula is C12H20N4S. The molecule has 1 aromatic rings. The number of hydrogen-bond acceptors (Lipinski definition) is 5. The van der Waals surface area contributed by atoms with Crippen molar-refractivity contribution >= 4 is 17.7 Å². The molecule has 0 spiro atoms. The predicted molar refractivity (Wildman–Crippen MR) is 71.9 cm³/mol. The predicted octanol–water partition coefficient (Wildman–Crippen LogP) is 2.75. The van der Waals surface area contributed by atoms with Crippen molar-refractivity contribution in [1.82, 2.24) is 15.0 Å². The zero-order chi connectivity index (χ0) is 12.1. The molecule has 1 saturated carbocycles. The van der Waals surface area contributed by atoms with Gasteiger partial charge in [-0.05, 0) is 25.0 Å². The Morgan fingerprint density at radius 3 is 2.71 bits per heavy atom. The Balaban J connectivity index is 2.05. The highest BCUT2D eigenvalue weighted by atomic mass is 32.2. The van der Waals surface area contributed by atoms with E-state index in [-0.39, 0.29) is 0 Å². The van der Waals surface area contributed by atoms with Crippen LogP contribution in [0.2, 0.25) is 0 Å². The van der Waals surface area contributed by atoms with Gasteiger partial charge in [-0.3, -0.25) is 0 Å². The van der Waals surface area contributed by atoms with Gasteiger partial charge in [-0.15, -0.1) is 0 Å². The minimum atomic E-state index is 0.383. The van der Waals surface area contributed by atoms with Gasteiger partial charge in [0, 0.05) is 5.92 Å². The van der Waals surface area contributed by atoms with Gasteiger partial charge in [0.2, 0.25) is 5.95 Å². The quantitative estimate of drug-likeness (QED) is 0.816. The number of nitrogen functional groups attached to an aromatic ring is 1. The summed E-state index contributed by atoms with van der Waals surface area (Å²) in [4.78, 5) is 13.1. The van der Waals surface area contributed by atoms with Gasteiger partial charge in [-0.1, -0.05) is 19.8 Å². The number of thioether (sulfide) groups is 1. The molecule has 2 rings (SSSR count). The van der Waals surface area contributed by atoms with Crippen LogP contribution in [0.4, 0.5) is 5.95 Å². The second-order valence-electron chi connectivity index (χ2n) is 4.50. The molecule has 0 amide bonds. The van der Waals surface area contributed by atoms with E-state index >= 15 is 0 Å². The Kier molecular flexibility index (Phi) is 4.59. The second kappa shape index (κ2) is 6.19. The van der Waals surface area contributed by atoms with Crippen molar-refractivity contribution < 1.29 is 0 Å². The van der Waals surface area contributed by atoms with Crippen molar-refractivity contribution in [1.29, 1.82) is 0 Å². The normalized spacial score (nSPS) is 16.5. The Morgan fingerprint density at radius 2 is 2.00 bits per heavy atom. The molecular weight excluding hydrogens is 232 g/mol. The van der Waals surface area contributed by atoms with Crippen LogP contribution in [-0.4, -0.2) is 20.7 Å². The smallest absolute Gasteiger partial charge is 0.223 e. The van der Waals surface area contributed by atoms with E-state index in [4.69, 9.17) is 5.73 Å². The van der Waals surface area contributed by atoms with E-state index in [1.807, 2.05) is 11.8 Å². The lowest BCUT2D eigenvalue weighted by atomic mass is 10.1. The first kappa shape index (κ1) is 12.6. The van der Waals surface area contributed by atoms with Crippen LogP contribution < -0.4 is 5.73 Å². The van der Waals surface area contributed by atoms with Crippen LogP contribution in [0.25, 0.3) is 0 Å². The SMILES string of the molecule is CCCSCc1nc(N)nc(C2CCCC2)n1. The molecule has 0 aliphatic heterocycles. The van der Waals surface area contributed by atoms with E-state index in [9.17, 15) is 0 Å². The van der Waals surface area contributed by atoms with Crippen LogP contribution in [0.3, 0.4) is 0 Å². The maximum atomic E-state index is 5.76. The van der Waals surface area contributed by atoms with Crippen molar-refractivity contribution in [2.45, 2.75) is 50.7 Å². The summed E-state index contributed by atoms with van der Waals surface area (Å²) in [5.74, 6) is 4.65. The maximum Gasteiger partial charge on any atom is 0.223 e. The van der Waals surface area contributed by atoms with E-state index < -0.39 is 0 Å². The van der Waals surface area contributed by atoms with Crippen LogP contribution in [0, 0.1) is 0 Å². The van der Waals surface area contributed by atoms with Crippen LogP contribution in [0.1, 0.15) is 56.6 Å². The lowest BCUT2D eigenvalue weighted by Crippen LogP contribution is -2.09. The average molecular weight is 252 g/mol. The zero-order valence-corrected chi connectivity index (χ0v) is 11.2. The summed E-state index contributed by atoms with van der Waals surface area (Å²) in [6.45, 7) is 2.18. The third kappa shape index (κ3) is 3.56. The molecule has 5 heteroatoms. The molecule has 17 heavy (non-hydrogen) atoms. The Morgan fingerprint density at radius 1 is 1.24 bits per heavy atom. The van der Waals surface area contributed by atoms with E-state index in [1.165, 1.54) is 32.1 Å². The first-order chi connectivity index (χ1) is 8.29. The molecule has 0 unspecified atom stereocenters. The number of anilines is 1. The number of nitrogens with zero attached hydrogens (tertiary/aromatic N) is 3. The summed E-state index contributed by atoms with van der Waals surface area (Å²) >= 11 is 1.86. The van der Waals surface area contributed by atoms with Gasteiger partial charge in [-0.2, -0.15) is 21.7 Å². The lowest BCUT2D eigenvalue weighted by molar-refractivity contribution is 0.657. The summed E-state index contributed by atoms with van der Waals surface area (Å²) in [6, 6.07) is 0. The van der Waals surface area contributed by atoms with E-state index in [1.54, 1.807) is 0 Å². The monoisotopic (exact) mass is 252 g/mol. The first-order valence-corrected chi connectivity index (χ1v) is 7.53. The molecule has 0 radical (unpaired) electrons. The van der Waals surface area contributed by atoms with Crippen molar-refractivity contribution in [3.63, 3.8) is 0 Å². The van der Waals surface area contributed by atoms with Crippen molar-refractivity contribution in [2.24, 2.45) is 0 Å². The molecule has 1 fully saturated rings. The van der Waals surface area contributed by atoms with E-state index in [0.717, 1.165) is 23.2 Å². The molecule has 1 aliphatic rings. The lowest BCUT2D eigenvalue weighted by Gasteiger charge is -2.09. The van der Waals surface area contributed by atoms with Gasteiger partial charge in [0.05, 0.1) is 5.75 Å². The highest BCUT2D eigenvalue weighted by Crippen LogP contribution is 2.32. The molecule has 0 aromatic carbocycles. The fourth-order valence-corrected chi connectivity index (χ4v) is 2.94. The highest BCUT2D eigenvalue weighted by Gasteiger charge is 2.20. The largest absolute Gasteiger partial charge is 0.368 e. The van der Waals surface area contributed by atoms with Gasteiger partial charge in [0.1, 0.15) is 11.6 Å². The average Bonchev–Trinajstić information content (AvgIpc) is 2.82. The topological polar surface area (TPSA) is 64.7 Å². The second-order valence-corrected chi connectivity index (χ2v) is 5.61. The highest BCUT2D eigenvalue weighted by molar-refractivity contribution is 7.98. The van der Waals surface area contributed by atoms with Gasteiger partial charge < -0.3 is 5.73 Å². The Labute approximate surface area is 107 Å². The third-order valence-electron chi connectivity index (χ3n) is 3.02. The summed E-state index contributed by atoms with van der Waals surface area (Å²) in [6.07, 6.45) is 6.16. The van der Waals surface area contributed by atoms with Crippen LogP contribution in [0.5, 0.6) is 0 Å². The summed E-state index contributed by atoms with van der Waals surface area (Å²) in [7, 11) is 0. The molecule has 0 bridgehead atoms. The van der Waals surface area contributed by atoms with Gasteiger partial charge in [0.15, 0.2) is 0 Å². The number of nitrogens with two attached hydrogens (primary N) is 1. The summed E-state index contributed by atoms with van der Waals surface area (Å²) in [5, 5.41) is 0.